The summed E-state index contributed by atoms with van der Waals surface area (Å²) in [6.07, 6.45) is 3.47. The number of carbonyl (C=O) groups excluding carboxylic acids is 1. The molecule has 0 saturated carbocycles. The third-order valence-corrected chi connectivity index (χ3v) is 4.21. The summed E-state index contributed by atoms with van der Waals surface area (Å²) >= 11 is 0. The van der Waals surface area contributed by atoms with Gasteiger partial charge in [-0.1, -0.05) is 12.1 Å². The number of hydrogen-bond acceptors (Lipinski definition) is 2. The molecule has 0 bridgehead atoms. The van der Waals surface area contributed by atoms with Crippen molar-refractivity contribution in [2.75, 3.05) is 11.1 Å². The Balaban J connectivity index is 1.85. The van der Waals surface area contributed by atoms with Gasteiger partial charge in [-0.3, -0.25) is 4.79 Å². The fraction of sp³-hybridized carbons (Fsp3) is 0.278. The van der Waals surface area contributed by atoms with Gasteiger partial charge < -0.3 is 11.1 Å². The van der Waals surface area contributed by atoms with Gasteiger partial charge in [-0.2, -0.15) is 0 Å². The van der Waals surface area contributed by atoms with Crippen LogP contribution in [0.3, 0.4) is 0 Å². The summed E-state index contributed by atoms with van der Waals surface area (Å²) in [4.78, 5) is 12.4. The SMILES string of the molecule is Cc1cc(C)c(C(=O)Nc2ccc3c(c2)CCC3)cc1N. The lowest BCUT2D eigenvalue weighted by Gasteiger charge is -2.11. The molecular formula is C18H20N2O. The first-order chi connectivity index (χ1) is 10.0. The zero-order chi connectivity index (χ0) is 15.0. The number of anilines is 2. The van der Waals surface area contributed by atoms with Crippen molar-refractivity contribution >= 4 is 17.3 Å². The van der Waals surface area contributed by atoms with Crippen molar-refractivity contribution in [2.24, 2.45) is 0 Å². The van der Waals surface area contributed by atoms with Crippen molar-refractivity contribution in [1.82, 2.24) is 0 Å². The predicted octanol–water partition coefficient (Wildman–Crippen LogP) is 3.63. The minimum Gasteiger partial charge on any atom is -0.398 e. The Bertz CT molecular complexity index is 719. The van der Waals surface area contributed by atoms with Gasteiger partial charge in [0.2, 0.25) is 0 Å². The number of nitrogen functional groups attached to an aromatic ring is 1. The second-order valence-corrected chi connectivity index (χ2v) is 5.81. The van der Waals surface area contributed by atoms with Gasteiger partial charge in [0.05, 0.1) is 0 Å². The molecule has 2 aromatic rings. The smallest absolute Gasteiger partial charge is 0.256 e. The van der Waals surface area contributed by atoms with Gasteiger partial charge in [-0.05, 0) is 73.6 Å². The molecule has 3 heteroatoms. The van der Waals surface area contributed by atoms with E-state index in [-0.39, 0.29) is 5.91 Å². The molecule has 3 N–H and O–H groups in total. The number of benzene rings is 2. The summed E-state index contributed by atoms with van der Waals surface area (Å²) in [7, 11) is 0. The predicted molar refractivity (Wildman–Crippen MR) is 86.7 cm³/mol. The topological polar surface area (TPSA) is 55.1 Å². The summed E-state index contributed by atoms with van der Waals surface area (Å²) < 4.78 is 0. The van der Waals surface area contributed by atoms with Gasteiger partial charge >= 0.3 is 0 Å². The summed E-state index contributed by atoms with van der Waals surface area (Å²) in [6.45, 7) is 3.88. The summed E-state index contributed by atoms with van der Waals surface area (Å²) in [6, 6.07) is 9.90. The maximum atomic E-state index is 12.4. The fourth-order valence-electron chi connectivity index (χ4n) is 2.96. The number of aryl methyl sites for hydroxylation is 4. The Morgan fingerprint density at radius 3 is 2.62 bits per heavy atom. The molecule has 0 heterocycles. The van der Waals surface area contributed by atoms with E-state index in [0.29, 0.717) is 11.3 Å². The van der Waals surface area contributed by atoms with Crippen molar-refractivity contribution < 1.29 is 4.79 Å². The number of nitrogens with two attached hydrogens (primary N) is 1. The Labute approximate surface area is 125 Å². The highest BCUT2D eigenvalue weighted by Crippen LogP contribution is 2.25. The van der Waals surface area contributed by atoms with E-state index in [1.807, 2.05) is 26.0 Å². The molecule has 1 aliphatic carbocycles. The molecule has 0 atom stereocenters. The molecule has 3 rings (SSSR count). The average molecular weight is 280 g/mol. The highest BCUT2D eigenvalue weighted by atomic mass is 16.1. The van der Waals surface area contributed by atoms with E-state index in [4.69, 9.17) is 5.73 Å². The fourth-order valence-corrected chi connectivity index (χ4v) is 2.96. The Kier molecular flexibility index (Phi) is 3.42. The minimum absolute atomic E-state index is 0.0999. The zero-order valence-electron chi connectivity index (χ0n) is 12.5. The lowest BCUT2D eigenvalue weighted by molar-refractivity contribution is 0.102. The molecule has 0 radical (unpaired) electrons. The first-order valence-corrected chi connectivity index (χ1v) is 7.34. The number of fused-ring (bicyclic) bond motifs is 1. The van der Waals surface area contributed by atoms with Crippen LogP contribution in [0.15, 0.2) is 30.3 Å². The molecule has 1 aliphatic rings. The molecule has 108 valence electrons. The standard InChI is InChI=1S/C18H20N2O/c1-11-8-12(2)17(19)10-16(11)18(21)20-15-7-6-13-4-3-5-14(13)9-15/h6-10H,3-5,19H2,1-2H3,(H,20,21). The van der Waals surface area contributed by atoms with E-state index in [1.54, 1.807) is 6.07 Å². The summed E-state index contributed by atoms with van der Waals surface area (Å²) in [5, 5.41) is 2.98. The minimum atomic E-state index is -0.0999. The van der Waals surface area contributed by atoms with Crippen molar-refractivity contribution in [3.63, 3.8) is 0 Å². The summed E-state index contributed by atoms with van der Waals surface area (Å²) in [5.41, 5.74) is 12.8. The monoisotopic (exact) mass is 280 g/mol. The van der Waals surface area contributed by atoms with E-state index in [2.05, 4.69) is 17.4 Å². The Morgan fingerprint density at radius 1 is 1.05 bits per heavy atom. The molecule has 0 unspecified atom stereocenters. The van der Waals surface area contributed by atoms with Crippen LogP contribution in [0.2, 0.25) is 0 Å². The van der Waals surface area contributed by atoms with Crippen LogP contribution < -0.4 is 11.1 Å². The van der Waals surface area contributed by atoms with Gasteiger partial charge in [0.1, 0.15) is 0 Å². The van der Waals surface area contributed by atoms with Gasteiger partial charge in [0, 0.05) is 16.9 Å². The largest absolute Gasteiger partial charge is 0.398 e. The first-order valence-electron chi connectivity index (χ1n) is 7.34. The molecule has 0 aliphatic heterocycles. The van der Waals surface area contributed by atoms with Crippen LogP contribution in [0.5, 0.6) is 0 Å². The van der Waals surface area contributed by atoms with Crippen molar-refractivity contribution in [3.8, 4) is 0 Å². The molecule has 0 aromatic heterocycles. The van der Waals surface area contributed by atoms with E-state index in [0.717, 1.165) is 29.7 Å². The zero-order valence-corrected chi connectivity index (χ0v) is 12.5. The molecule has 3 nitrogen and oxygen atoms in total. The molecule has 0 spiro atoms. The van der Waals surface area contributed by atoms with Crippen LogP contribution in [0, 0.1) is 13.8 Å². The molecule has 2 aromatic carbocycles. The summed E-state index contributed by atoms with van der Waals surface area (Å²) in [5.74, 6) is -0.0999. The lowest BCUT2D eigenvalue weighted by atomic mass is 10.0. The number of hydrogen-bond donors (Lipinski definition) is 2. The van der Waals surface area contributed by atoms with E-state index < -0.39 is 0 Å². The molecule has 1 amide bonds. The lowest BCUT2D eigenvalue weighted by Crippen LogP contribution is -2.14. The number of amides is 1. The first kappa shape index (κ1) is 13.7. The van der Waals surface area contributed by atoms with Crippen LogP contribution in [-0.2, 0) is 12.8 Å². The van der Waals surface area contributed by atoms with Crippen molar-refractivity contribution in [1.29, 1.82) is 0 Å². The second-order valence-electron chi connectivity index (χ2n) is 5.81. The maximum Gasteiger partial charge on any atom is 0.256 e. The number of rotatable bonds is 2. The van der Waals surface area contributed by atoms with Gasteiger partial charge in [-0.15, -0.1) is 0 Å². The molecule has 21 heavy (non-hydrogen) atoms. The Hall–Kier alpha value is -2.29. The second kappa shape index (κ2) is 5.24. The van der Waals surface area contributed by atoms with Crippen LogP contribution in [0.25, 0.3) is 0 Å². The normalized spacial score (nSPS) is 13.0. The van der Waals surface area contributed by atoms with Crippen LogP contribution >= 0.6 is 0 Å². The van der Waals surface area contributed by atoms with Gasteiger partial charge in [0.15, 0.2) is 0 Å². The highest BCUT2D eigenvalue weighted by molar-refractivity contribution is 6.06. The quantitative estimate of drug-likeness (QED) is 0.825. The number of carbonyl (C=O) groups is 1. The van der Waals surface area contributed by atoms with E-state index >= 15 is 0 Å². The number of nitrogens with one attached hydrogen (secondary N) is 1. The average Bonchev–Trinajstić information content (AvgIpc) is 2.90. The van der Waals surface area contributed by atoms with Crippen LogP contribution in [0.4, 0.5) is 11.4 Å². The van der Waals surface area contributed by atoms with Crippen LogP contribution in [0.1, 0.15) is 39.0 Å². The van der Waals surface area contributed by atoms with Crippen LogP contribution in [-0.4, -0.2) is 5.91 Å². The third-order valence-electron chi connectivity index (χ3n) is 4.21. The van der Waals surface area contributed by atoms with Gasteiger partial charge in [0.25, 0.3) is 5.91 Å². The Morgan fingerprint density at radius 2 is 1.81 bits per heavy atom. The highest BCUT2D eigenvalue weighted by Gasteiger charge is 2.14. The van der Waals surface area contributed by atoms with E-state index in [1.165, 1.54) is 17.5 Å². The maximum absolute atomic E-state index is 12.4. The molecule has 0 fully saturated rings. The van der Waals surface area contributed by atoms with Gasteiger partial charge in [-0.25, -0.2) is 0 Å². The van der Waals surface area contributed by atoms with Crippen molar-refractivity contribution in [2.45, 2.75) is 33.1 Å². The molecular weight excluding hydrogens is 260 g/mol. The molecule has 0 saturated heterocycles. The third kappa shape index (κ3) is 2.64. The van der Waals surface area contributed by atoms with E-state index in [9.17, 15) is 4.79 Å². The van der Waals surface area contributed by atoms with Crippen molar-refractivity contribution in [3.05, 3.63) is 58.1 Å².